The van der Waals surface area contributed by atoms with Gasteiger partial charge in [0.05, 0.1) is 11.6 Å². The highest BCUT2D eigenvalue weighted by Crippen LogP contribution is 2.32. The first-order valence-corrected chi connectivity index (χ1v) is 13.3. The second kappa shape index (κ2) is 13.1. The van der Waals surface area contributed by atoms with Gasteiger partial charge in [-0.25, -0.2) is 4.79 Å². The van der Waals surface area contributed by atoms with Crippen LogP contribution in [-0.4, -0.2) is 16.9 Å². The number of benzene rings is 4. The van der Waals surface area contributed by atoms with Crippen LogP contribution < -0.4 is 20.7 Å². The summed E-state index contributed by atoms with van der Waals surface area (Å²) in [4.78, 5) is 30.6. The van der Waals surface area contributed by atoms with Gasteiger partial charge in [0, 0.05) is 23.8 Å². The number of anilines is 2. The number of aromatic nitrogens is 1. The molecule has 0 spiro atoms. The van der Waals surface area contributed by atoms with Crippen LogP contribution in [0.2, 0.25) is 0 Å². The zero-order valence-corrected chi connectivity index (χ0v) is 22.5. The Bertz CT molecular complexity index is 1540. The van der Waals surface area contributed by atoms with Crippen molar-refractivity contribution in [3.8, 4) is 5.75 Å². The van der Waals surface area contributed by atoms with Gasteiger partial charge < -0.3 is 20.7 Å². The molecule has 4 aromatic carbocycles. The Balaban J connectivity index is 1.46. The van der Waals surface area contributed by atoms with Crippen molar-refractivity contribution < 1.29 is 14.3 Å². The largest absolute Gasteiger partial charge is 0.480 e. The highest BCUT2D eigenvalue weighted by molar-refractivity contribution is 6.02. The van der Waals surface area contributed by atoms with Crippen molar-refractivity contribution >= 4 is 23.3 Å². The van der Waals surface area contributed by atoms with E-state index in [0.29, 0.717) is 17.1 Å². The van der Waals surface area contributed by atoms with Crippen LogP contribution in [0.5, 0.6) is 5.75 Å². The molecule has 0 radical (unpaired) electrons. The average molecular weight is 543 g/mol. The summed E-state index contributed by atoms with van der Waals surface area (Å²) in [5, 5.41) is 8.65. The van der Waals surface area contributed by atoms with Crippen molar-refractivity contribution in [3.05, 3.63) is 156 Å². The molecule has 7 nitrogen and oxygen atoms in total. The molecule has 0 bridgehead atoms. The molecule has 3 N–H and O–H groups in total. The van der Waals surface area contributed by atoms with E-state index in [1.54, 1.807) is 42.7 Å². The number of pyridine rings is 1. The third-order valence-electron chi connectivity index (χ3n) is 6.50. The Kier molecular flexibility index (Phi) is 8.66. The second-order valence-electron chi connectivity index (χ2n) is 9.46. The van der Waals surface area contributed by atoms with Gasteiger partial charge in [0.15, 0.2) is 0 Å². The van der Waals surface area contributed by atoms with Crippen molar-refractivity contribution in [3.63, 3.8) is 0 Å². The maximum absolute atomic E-state index is 13.7. The molecule has 5 rings (SSSR count). The predicted molar refractivity (Wildman–Crippen MR) is 161 cm³/mol. The van der Waals surface area contributed by atoms with Gasteiger partial charge in [0.25, 0.3) is 5.91 Å². The lowest BCUT2D eigenvalue weighted by Gasteiger charge is -2.23. The third kappa shape index (κ3) is 7.16. The van der Waals surface area contributed by atoms with E-state index in [9.17, 15) is 9.59 Å². The van der Waals surface area contributed by atoms with Gasteiger partial charge in [-0.1, -0.05) is 84.9 Å². The molecule has 1 unspecified atom stereocenters. The van der Waals surface area contributed by atoms with Gasteiger partial charge in [-0.05, 0) is 60.0 Å². The summed E-state index contributed by atoms with van der Waals surface area (Å²) < 4.78 is 6.58. The van der Waals surface area contributed by atoms with Crippen molar-refractivity contribution in [2.24, 2.45) is 0 Å². The van der Waals surface area contributed by atoms with Crippen molar-refractivity contribution in [2.75, 3.05) is 10.6 Å². The Labute approximate surface area is 239 Å². The van der Waals surface area contributed by atoms with Gasteiger partial charge in [-0.3, -0.25) is 9.78 Å². The number of nitrogens with zero attached hydrogens (tertiary/aromatic N) is 1. The van der Waals surface area contributed by atoms with Crippen molar-refractivity contribution in [1.29, 1.82) is 0 Å². The van der Waals surface area contributed by atoms with Crippen LogP contribution in [0.1, 0.15) is 46.1 Å². The number of hydrogen-bond acceptors (Lipinski definition) is 4. The molecule has 0 aliphatic rings. The molecule has 7 heteroatoms. The fourth-order valence-corrected chi connectivity index (χ4v) is 4.40. The third-order valence-corrected chi connectivity index (χ3v) is 6.50. The van der Waals surface area contributed by atoms with Crippen molar-refractivity contribution in [1.82, 2.24) is 10.3 Å². The van der Waals surface area contributed by atoms with Crippen LogP contribution in [0.4, 0.5) is 16.2 Å². The number of carbonyl (C=O) groups excluding carboxylic acids is 2. The molecular formula is C34H30N4O3. The first-order chi connectivity index (χ1) is 20.1. The summed E-state index contributed by atoms with van der Waals surface area (Å²) in [6.45, 7) is 1.89. The topological polar surface area (TPSA) is 92.4 Å². The Hall–Kier alpha value is -5.43. The molecule has 41 heavy (non-hydrogen) atoms. The molecule has 1 aromatic heterocycles. The maximum Gasteiger partial charge on any atom is 0.323 e. The normalized spacial score (nSPS) is 11.4. The second-order valence-corrected chi connectivity index (χ2v) is 9.46. The summed E-state index contributed by atoms with van der Waals surface area (Å²) in [6.07, 6.45) is 2.95. The minimum absolute atomic E-state index is 0.287. The Morgan fingerprint density at radius 3 is 1.88 bits per heavy atom. The van der Waals surface area contributed by atoms with E-state index in [-0.39, 0.29) is 17.5 Å². The number of carbonyl (C=O) groups is 2. The number of hydrogen-bond donors (Lipinski definition) is 3. The quantitative estimate of drug-likeness (QED) is 0.181. The van der Waals surface area contributed by atoms with Crippen molar-refractivity contribution in [2.45, 2.75) is 19.1 Å². The minimum atomic E-state index is -0.458. The summed E-state index contributed by atoms with van der Waals surface area (Å²) in [7, 11) is 0. The maximum atomic E-state index is 13.7. The lowest BCUT2D eigenvalue weighted by molar-refractivity contribution is 0.0933. The lowest BCUT2D eigenvalue weighted by Crippen LogP contribution is -2.28. The molecule has 0 aliphatic heterocycles. The van der Waals surface area contributed by atoms with Gasteiger partial charge >= 0.3 is 6.03 Å². The smallest absolute Gasteiger partial charge is 0.323 e. The number of amides is 3. The van der Waals surface area contributed by atoms with E-state index in [1.807, 2.05) is 97.9 Å². The van der Waals surface area contributed by atoms with Gasteiger partial charge in [0.2, 0.25) is 0 Å². The van der Waals surface area contributed by atoms with Gasteiger partial charge in [-0.15, -0.1) is 0 Å². The molecule has 1 heterocycles. The molecule has 204 valence electrons. The van der Waals surface area contributed by atoms with E-state index < -0.39 is 12.1 Å². The number of nitrogens with one attached hydrogen (secondary N) is 3. The SMILES string of the molecule is CC(NC(=O)c1cc(NC(=O)Nc2ccccc2)ccc1OC(c1ccccc1)c1ccccc1)c1cccnc1. The van der Waals surface area contributed by atoms with Gasteiger partial charge in [-0.2, -0.15) is 0 Å². The van der Waals surface area contributed by atoms with E-state index in [2.05, 4.69) is 20.9 Å². The molecule has 0 saturated carbocycles. The minimum Gasteiger partial charge on any atom is -0.480 e. The molecular weight excluding hydrogens is 512 g/mol. The molecule has 5 aromatic rings. The highest BCUT2D eigenvalue weighted by Gasteiger charge is 2.22. The number of ether oxygens (including phenoxy) is 1. The summed E-state index contributed by atoms with van der Waals surface area (Å²) >= 11 is 0. The van der Waals surface area contributed by atoms with Crippen LogP contribution in [-0.2, 0) is 0 Å². The van der Waals surface area contributed by atoms with Crippen LogP contribution in [0.15, 0.2) is 134 Å². The van der Waals surface area contributed by atoms with E-state index in [1.165, 1.54) is 0 Å². The number of urea groups is 1. The molecule has 0 aliphatic carbocycles. The molecule has 0 saturated heterocycles. The first kappa shape index (κ1) is 27.1. The molecule has 3 amide bonds. The monoisotopic (exact) mass is 542 g/mol. The number of rotatable bonds is 9. The van der Waals surface area contributed by atoms with Crippen LogP contribution in [0, 0.1) is 0 Å². The average Bonchev–Trinajstić information content (AvgIpc) is 3.02. The van der Waals surface area contributed by atoms with Crippen LogP contribution >= 0.6 is 0 Å². The number of para-hydroxylation sites is 1. The van der Waals surface area contributed by atoms with Crippen LogP contribution in [0.3, 0.4) is 0 Å². The fourth-order valence-electron chi connectivity index (χ4n) is 4.40. The summed E-state index contributed by atoms with van der Waals surface area (Å²) in [5.74, 6) is 0.0379. The lowest BCUT2D eigenvalue weighted by atomic mass is 10.0. The first-order valence-electron chi connectivity index (χ1n) is 13.3. The van der Waals surface area contributed by atoms with E-state index >= 15 is 0 Å². The van der Waals surface area contributed by atoms with E-state index in [4.69, 9.17) is 4.74 Å². The highest BCUT2D eigenvalue weighted by atomic mass is 16.5. The zero-order chi connectivity index (χ0) is 28.4. The van der Waals surface area contributed by atoms with Gasteiger partial charge in [0.1, 0.15) is 11.9 Å². The predicted octanol–water partition coefficient (Wildman–Crippen LogP) is 7.39. The van der Waals surface area contributed by atoms with Crippen LogP contribution in [0.25, 0.3) is 0 Å². The fraction of sp³-hybridized carbons (Fsp3) is 0.0882. The zero-order valence-electron chi connectivity index (χ0n) is 22.5. The molecule has 0 fully saturated rings. The van der Waals surface area contributed by atoms with E-state index in [0.717, 1.165) is 16.7 Å². The molecule has 1 atom stereocenters. The summed E-state index contributed by atoms with van der Waals surface area (Å²) in [6, 6.07) is 36.9. The Morgan fingerprint density at radius 1 is 0.683 bits per heavy atom. The Morgan fingerprint density at radius 2 is 1.27 bits per heavy atom. The summed E-state index contributed by atoms with van der Waals surface area (Å²) in [5.41, 5.74) is 4.14. The standard InChI is InChI=1S/C34H30N4O3/c1-24(27-16-11-21-35-23-27)36-33(39)30-22-29(38-34(40)37-28-17-9-4-10-18-28)19-20-31(30)41-32(25-12-5-2-6-13-25)26-14-7-3-8-15-26/h2-24,32H,1H3,(H,36,39)(H2,37,38,40).